The van der Waals surface area contributed by atoms with Gasteiger partial charge in [0.25, 0.3) is 5.91 Å². The smallest absolute Gasteiger partial charge is 0.257 e. The Bertz CT molecular complexity index is 394. The van der Waals surface area contributed by atoms with Crippen molar-refractivity contribution in [2.24, 2.45) is 0 Å². The first-order valence-corrected chi connectivity index (χ1v) is 6.19. The minimum Gasteiger partial charge on any atom is -0.360 e. The van der Waals surface area contributed by atoms with Crippen molar-refractivity contribution in [3.05, 3.63) is 17.0 Å². The molecular weight excluding hydrogens is 218 g/mol. The predicted octanol–water partition coefficient (Wildman–Crippen LogP) is 1.03. The molecule has 1 aromatic heterocycles. The van der Waals surface area contributed by atoms with Crippen LogP contribution in [0.4, 0.5) is 0 Å². The van der Waals surface area contributed by atoms with Gasteiger partial charge in [-0.05, 0) is 26.3 Å². The number of carbonyl (C=O) groups excluding carboxylic acids is 1. The van der Waals surface area contributed by atoms with Crippen molar-refractivity contribution in [2.45, 2.75) is 39.2 Å². The van der Waals surface area contributed by atoms with Crippen molar-refractivity contribution in [1.82, 2.24) is 15.8 Å². The number of hydrogen-bond acceptors (Lipinski definition) is 4. The highest BCUT2D eigenvalue weighted by Crippen LogP contribution is 2.14. The molecule has 1 saturated heterocycles. The molecule has 2 heterocycles. The number of piperidine rings is 1. The number of carbonyl (C=O) groups is 1. The third-order valence-electron chi connectivity index (χ3n) is 3.11. The van der Waals surface area contributed by atoms with E-state index in [1.54, 1.807) is 6.92 Å². The summed E-state index contributed by atoms with van der Waals surface area (Å²) in [4.78, 5) is 12.1. The van der Waals surface area contributed by atoms with Gasteiger partial charge < -0.3 is 15.2 Å². The van der Waals surface area contributed by atoms with Gasteiger partial charge in [-0.2, -0.15) is 0 Å². The van der Waals surface area contributed by atoms with Gasteiger partial charge in [0.15, 0.2) is 0 Å². The fourth-order valence-electron chi connectivity index (χ4n) is 2.18. The SMILES string of the molecule is CCc1onc(C)c1C(=O)NC1CCCNC1. The molecule has 1 atom stereocenters. The van der Waals surface area contributed by atoms with Crippen LogP contribution >= 0.6 is 0 Å². The van der Waals surface area contributed by atoms with Crippen LogP contribution in [-0.4, -0.2) is 30.2 Å². The molecule has 1 fully saturated rings. The maximum absolute atomic E-state index is 12.1. The molecule has 1 amide bonds. The molecule has 1 aliphatic rings. The van der Waals surface area contributed by atoms with E-state index in [0.29, 0.717) is 23.4 Å². The van der Waals surface area contributed by atoms with Crippen molar-refractivity contribution in [1.29, 1.82) is 0 Å². The molecular formula is C12H19N3O2. The molecule has 1 unspecified atom stereocenters. The number of amides is 1. The number of aryl methyl sites for hydroxylation is 2. The number of nitrogens with zero attached hydrogens (tertiary/aromatic N) is 1. The molecule has 0 bridgehead atoms. The second kappa shape index (κ2) is 5.31. The zero-order valence-corrected chi connectivity index (χ0v) is 10.4. The Hall–Kier alpha value is -1.36. The van der Waals surface area contributed by atoms with Crippen LogP contribution in [0.15, 0.2) is 4.52 Å². The van der Waals surface area contributed by atoms with Crippen molar-refractivity contribution in [3.8, 4) is 0 Å². The van der Waals surface area contributed by atoms with E-state index in [0.717, 1.165) is 25.9 Å². The van der Waals surface area contributed by atoms with Crippen molar-refractivity contribution in [3.63, 3.8) is 0 Å². The summed E-state index contributed by atoms with van der Waals surface area (Å²) < 4.78 is 5.13. The molecule has 0 radical (unpaired) electrons. The van der Waals surface area contributed by atoms with E-state index in [2.05, 4.69) is 15.8 Å². The van der Waals surface area contributed by atoms with Gasteiger partial charge in [0.05, 0.1) is 5.69 Å². The standard InChI is InChI=1S/C12H19N3O2/c1-3-10-11(8(2)15-17-10)12(16)14-9-5-4-6-13-7-9/h9,13H,3-7H2,1-2H3,(H,14,16). The molecule has 1 aromatic rings. The minimum absolute atomic E-state index is 0.0608. The lowest BCUT2D eigenvalue weighted by Gasteiger charge is -2.23. The fraction of sp³-hybridized carbons (Fsp3) is 0.667. The lowest BCUT2D eigenvalue weighted by molar-refractivity contribution is 0.0928. The topological polar surface area (TPSA) is 67.2 Å². The first-order chi connectivity index (χ1) is 8.22. The van der Waals surface area contributed by atoms with Crippen LogP contribution in [0.3, 0.4) is 0 Å². The number of nitrogens with one attached hydrogen (secondary N) is 2. The summed E-state index contributed by atoms with van der Waals surface area (Å²) in [7, 11) is 0. The monoisotopic (exact) mass is 237 g/mol. The Morgan fingerprint density at radius 2 is 2.47 bits per heavy atom. The number of rotatable bonds is 3. The summed E-state index contributed by atoms with van der Waals surface area (Å²) in [5.74, 6) is 0.609. The summed E-state index contributed by atoms with van der Waals surface area (Å²) in [6.07, 6.45) is 2.82. The van der Waals surface area contributed by atoms with E-state index in [9.17, 15) is 4.79 Å². The highest BCUT2D eigenvalue weighted by molar-refractivity contribution is 5.96. The van der Waals surface area contributed by atoms with E-state index in [4.69, 9.17) is 4.52 Å². The van der Waals surface area contributed by atoms with Gasteiger partial charge in [-0.15, -0.1) is 0 Å². The van der Waals surface area contributed by atoms with Crippen LogP contribution in [0.1, 0.15) is 41.6 Å². The zero-order chi connectivity index (χ0) is 12.3. The maximum Gasteiger partial charge on any atom is 0.257 e. The lowest BCUT2D eigenvalue weighted by Crippen LogP contribution is -2.45. The Balaban J connectivity index is 2.05. The van der Waals surface area contributed by atoms with Crippen molar-refractivity contribution in [2.75, 3.05) is 13.1 Å². The molecule has 2 N–H and O–H groups in total. The molecule has 0 saturated carbocycles. The third kappa shape index (κ3) is 2.66. The van der Waals surface area contributed by atoms with Gasteiger partial charge in [-0.25, -0.2) is 0 Å². The third-order valence-corrected chi connectivity index (χ3v) is 3.11. The summed E-state index contributed by atoms with van der Waals surface area (Å²) in [6.45, 7) is 5.64. The average Bonchev–Trinajstić information content (AvgIpc) is 2.71. The Kier molecular flexibility index (Phi) is 3.78. The molecule has 17 heavy (non-hydrogen) atoms. The molecule has 2 rings (SSSR count). The highest BCUT2D eigenvalue weighted by Gasteiger charge is 2.22. The summed E-state index contributed by atoms with van der Waals surface area (Å²) in [5.41, 5.74) is 1.28. The van der Waals surface area contributed by atoms with Crippen LogP contribution < -0.4 is 10.6 Å². The van der Waals surface area contributed by atoms with E-state index in [1.807, 2.05) is 6.92 Å². The van der Waals surface area contributed by atoms with Crippen LogP contribution in [0.5, 0.6) is 0 Å². The maximum atomic E-state index is 12.1. The summed E-state index contributed by atoms with van der Waals surface area (Å²) in [5, 5.41) is 10.2. The Labute approximate surface area is 101 Å². The minimum atomic E-state index is -0.0608. The first-order valence-electron chi connectivity index (χ1n) is 6.19. The Morgan fingerprint density at radius 3 is 3.12 bits per heavy atom. The molecule has 0 spiro atoms. The number of hydrogen-bond donors (Lipinski definition) is 2. The van der Waals surface area contributed by atoms with Gasteiger partial charge in [-0.1, -0.05) is 12.1 Å². The largest absolute Gasteiger partial charge is 0.360 e. The quantitative estimate of drug-likeness (QED) is 0.824. The van der Waals surface area contributed by atoms with Crippen molar-refractivity contribution >= 4 is 5.91 Å². The first kappa shape index (κ1) is 12.1. The van der Waals surface area contributed by atoms with Gasteiger partial charge in [0, 0.05) is 19.0 Å². The van der Waals surface area contributed by atoms with Gasteiger partial charge in [0.2, 0.25) is 0 Å². The van der Waals surface area contributed by atoms with E-state index < -0.39 is 0 Å². The fourth-order valence-corrected chi connectivity index (χ4v) is 2.18. The van der Waals surface area contributed by atoms with E-state index in [-0.39, 0.29) is 11.9 Å². The van der Waals surface area contributed by atoms with E-state index >= 15 is 0 Å². The van der Waals surface area contributed by atoms with Crippen LogP contribution in [0.2, 0.25) is 0 Å². The molecule has 5 heteroatoms. The van der Waals surface area contributed by atoms with Crippen LogP contribution in [0.25, 0.3) is 0 Å². The molecule has 0 aliphatic carbocycles. The number of aromatic nitrogens is 1. The van der Waals surface area contributed by atoms with Gasteiger partial charge >= 0.3 is 0 Å². The average molecular weight is 237 g/mol. The van der Waals surface area contributed by atoms with Gasteiger partial charge in [0.1, 0.15) is 11.3 Å². The van der Waals surface area contributed by atoms with Gasteiger partial charge in [-0.3, -0.25) is 4.79 Å². The highest BCUT2D eigenvalue weighted by atomic mass is 16.5. The van der Waals surface area contributed by atoms with E-state index in [1.165, 1.54) is 0 Å². The van der Waals surface area contributed by atoms with Crippen LogP contribution in [0, 0.1) is 6.92 Å². The molecule has 94 valence electrons. The molecule has 1 aliphatic heterocycles. The molecule has 0 aromatic carbocycles. The second-order valence-corrected chi connectivity index (χ2v) is 4.44. The molecule has 5 nitrogen and oxygen atoms in total. The van der Waals surface area contributed by atoms with Crippen LogP contribution in [-0.2, 0) is 6.42 Å². The zero-order valence-electron chi connectivity index (χ0n) is 10.4. The predicted molar refractivity (Wildman–Crippen MR) is 64.0 cm³/mol. The lowest BCUT2D eigenvalue weighted by atomic mass is 10.1. The van der Waals surface area contributed by atoms with Crippen molar-refractivity contribution < 1.29 is 9.32 Å². The summed E-state index contributed by atoms with van der Waals surface area (Å²) in [6, 6.07) is 0.218. The second-order valence-electron chi connectivity index (χ2n) is 4.44. The normalized spacial score (nSPS) is 20.2. The summed E-state index contributed by atoms with van der Waals surface area (Å²) >= 11 is 0. The Morgan fingerprint density at radius 1 is 1.65 bits per heavy atom.